The van der Waals surface area contributed by atoms with Crippen LogP contribution >= 0.6 is 23.2 Å². The van der Waals surface area contributed by atoms with Gasteiger partial charge in [-0.25, -0.2) is 0 Å². The van der Waals surface area contributed by atoms with E-state index in [4.69, 9.17) is 23.2 Å². The van der Waals surface area contributed by atoms with E-state index >= 15 is 0 Å². The Morgan fingerprint density at radius 2 is 1.74 bits per heavy atom. The van der Waals surface area contributed by atoms with Crippen LogP contribution in [0.2, 0.25) is 10.0 Å². The van der Waals surface area contributed by atoms with Gasteiger partial charge in [0.2, 0.25) is 5.91 Å². The highest BCUT2D eigenvalue weighted by Gasteiger charge is 2.62. The Hall–Kier alpha value is -1.52. The lowest BCUT2D eigenvalue weighted by molar-refractivity contribution is -0.152. The van der Waals surface area contributed by atoms with Gasteiger partial charge in [-0.05, 0) is 42.2 Å². The summed E-state index contributed by atoms with van der Waals surface area (Å²) in [4.78, 5) is 24.5. The Kier molecular flexibility index (Phi) is 3.43. The molecule has 0 aromatic heterocycles. The minimum Gasteiger partial charge on any atom is -0.481 e. The summed E-state index contributed by atoms with van der Waals surface area (Å²) in [5.41, 5.74) is 0.422. The molecular formula is C17H15Cl2NO3. The number of rotatable bonds is 3. The van der Waals surface area contributed by atoms with Gasteiger partial charge in [-0.3, -0.25) is 9.59 Å². The van der Waals surface area contributed by atoms with Crippen molar-refractivity contribution in [3.05, 3.63) is 40.4 Å². The maximum Gasteiger partial charge on any atom is 0.307 e. The van der Waals surface area contributed by atoms with Gasteiger partial charge in [0.1, 0.15) is 0 Å². The summed E-state index contributed by atoms with van der Waals surface area (Å²) >= 11 is 12.1. The molecule has 5 rings (SSSR count). The van der Waals surface area contributed by atoms with Crippen LogP contribution in [0.25, 0.3) is 0 Å². The first-order valence-corrected chi connectivity index (χ1v) is 8.40. The van der Waals surface area contributed by atoms with Gasteiger partial charge in [0.05, 0.1) is 27.6 Å². The largest absolute Gasteiger partial charge is 0.481 e. The molecule has 1 aromatic carbocycles. The minimum absolute atomic E-state index is 0.00376. The predicted octanol–water partition coefficient (Wildman–Crippen LogP) is 3.70. The monoisotopic (exact) mass is 351 g/mol. The van der Waals surface area contributed by atoms with Gasteiger partial charge in [-0.2, -0.15) is 0 Å². The van der Waals surface area contributed by atoms with Crippen molar-refractivity contribution in [1.82, 2.24) is 0 Å². The van der Waals surface area contributed by atoms with Crippen molar-refractivity contribution in [3.8, 4) is 0 Å². The quantitative estimate of drug-likeness (QED) is 0.816. The zero-order valence-corrected chi connectivity index (χ0v) is 13.6. The average Bonchev–Trinajstić information content (AvgIpc) is 3.33. The number of carbonyl (C=O) groups is 2. The summed E-state index contributed by atoms with van der Waals surface area (Å²) in [5.74, 6) is -1.54. The van der Waals surface area contributed by atoms with E-state index in [-0.39, 0.29) is 22.8 Å². The normalized spacial score (nSPS) is 36.4. The van der Waals surface area contributed by atoms with Gasteiger partial charge >= 0.3 is 5.97 Å². The van der Waals surface area contributed by atoms with Gasteiger partial charge in [-0.15, -0.1) is 0 Å². The topological polar surface area (TPSA) is 66.4 Å². The number of hydrogen-bond acceptors (Lipinski definition) is 2. The predicted molar refractivity (Wildman–Crippen MR) is 87.4 cm³/mol. The molecule has 1 amide bonds. The molecule has 0 radical (unpaired) electrons. The number of carboxylic acid groups (broad SMARTS) is 1. The third-order valence-corrected chi connectivity index (χ3v) is 6.27. The second-order valence-corrected chi connectivity index (χ2v) is 7.37. The van der Waals surface area contributed by atoms with Gasteiger partial charge in [-0.1, -0.05) is 41.4 Å². The summed E-state index contributed by atoms with van der Waals surface area (Å²) in [6.45, 7) is 0. The SMILES string of the molecule is O=C(O)[C@H]1[C@@H]2C=C[C@@H]([C@H]3C[C@H]23)[C@@H]1C(=O)Nc1cccc(Cl)c1Cl. The molecule has 2 bridgehead atoms. The first-order valence-electron chi connectivity index (χ1n) is 7.65. The number of fused-ring (bicyclic) bond motifs is 1. The van der Waals surface area contributed by atoms with Crippen LogP contribution in [0.4, 0.5) is 5.69 Å². The molecule has 0 spiro atoms. The molecule has 120 valence electrons. The van der Waals surface area contributed by atoms with Crippen LogP contribution in [0, 0.1) is 35.5 Å². The number of benzene rings is 1. The lowest BCUT2D eigenvalue weighted by atomic mass is 9.62. The molecule has 4 aliphatic rings. The van der Waals surface area contributed by atoms with Crippen molar-refractivity contribution in [3.63, 3.8) is 0 Å². The van der Waals surface area contributed by atoms with Gasteiger partial charge in [0.15, 0.2) is 0 Å². The first kappa shape index (κ1) is 15.0. The van der Waals surface area contributed by atoms with E-state index in [1.165, 1.54) is 0 Å². The van der Waals surface area contributed by atoms with Crippen LogP contribution < -0.4 is 5.32 Å². The smallest absolute Gasteiger partial charge is 0.307 e. The Balaban J connectivity index is 1.63. The van der Waals surface area contributed by atoms with Crippen molar-refractivity contribution < 1.29 is 14.7 Å². The molecule has 1 aromatic rings. The van der Waals surface area contributed by atoms with E-state index in [0.717, 1.165) is 6.42 Å². The average molecular weight is 352 g/mol. The van der Waals surface area contributed by atoms with Crippen molar-refractivity contribution in [2.24, 2.45) is 35.5 Å². The molecule has 2 fully saturated rings. The van der Waals surface area contributed by atoms with E-state index in [1.807, 2.05) is 12.2 Å². The maximum atomic E-state index is 12.8. The Labute approximate surface area is 143 Å². The second-order valence-electron chi connectivity index (χ2n) is 6.58. The highest BCUT2D eigenvalue weighted by atomic mass is 35.5. The summed E-state index contributed by atoms with van der Waals surface area (Å²) in [5, 5.41) is 13.0. The van der Waals surface area contributed by atoms with Crippen LogP contribution in [0.15, 0.2) is 30.4 Å². The third-order valence-electron chi connectivity index (χ3n) is 5.45. The van der Waals surface area contributed by atoms with Crippen molar-refractivity contribution in [1.29, 1.82) is 0 Å². The molecule has 2 saturated carbocycles. The highest BCUT2D eigenvalue weighted by molar-refractivity contribution is 6.44. The molecule has 23 heavy (non-hydrogen) atoms. The molecule has 0 unspecified atom stereocenters. The number of hydrogen-bond donors (Lipinski definition) is 2. The summed E-state index contributed by atoms with van der Waals surface area (Å²) < 4.78 is 0. The maximum absolute atomic E-state index is 12.8. The number of carboxylic acids is 1. The number of aliphatic carboxylic acids is 1. The highest BCUT2D eigenvalue weighted by Crippen LogP contribution is 2.63. The van der Waals surface area contributed by atoms with Crippen molar-refractivity contribution in [2.75, 3.05) is 5.32 Å². The molecule has 6 heteroatoms. The van der Waals surface area contributed by atoms with Crippen LogP contribution in [-0.4, -0.2) is 17.0 Å². The lowest BCUT2D eigenvalue weighted by Gasteiger charge is -2.41. The van der Waals surface area contributed by atoms with Crippen molar-refractivity contribution in [2.45, 2.75) is 6.42 Å². The Bertz CT molecular complexity index is 733. The standard InChI is InChI=1S/C17H15Cl2NO3/c18-11-2-1-3-12(15(11)19)20-16(21)13-7-4-5-8(10-6-9(7)10)14(13)17(22)23/h1-5,7-10,13-14H,6H2,(H,20,21)(H,22,23)/t7-,8+,9+,10+,13-,14-/m0/s1. The second kappa shape index (κ2) is 5.25. The van der Waals surface area contributed by atoms with Crippen LogP contribution in [0.1, 0.15) is 6.42 Å². The number of halogens is 2. The van der Waals surface area contributed by atoms with E-state index < -0.39 is 17.8 Å². The van der Waals surface area contributed by atoms with Crippen LogP contribution in [0.5, 0.6) is 0 Å². The number of carbonyl (C=O) groups excluding carboxylic acids is 1. The van der Waals surface area contributed by atoms with E-state index in [2.05, 4.69) is 5.32 Å². The van der Waals surface area contributed by atoms with Gasteiger partial charge in [0.25, 0.3) is 0 Å². The number of anilines is 1. The third kappa shape index (κ3) is 2.27. The summed E-state index contributed by atoms with van der Waals surface area (Å²) in [6.07, 6.45) is 5.05. The molecular weight excluding hydrogens is 337 g/mol. The fraction of sp³-hybridized carbons (Fsp3) is 0.412. The molecule has 6 atom stereocenters. The van der Waals surface area contributed by atoms with Gasteiger partial charge in [0, 0.05) is 0 Å². The van der Waals surface area contributed by atoms with E-state index in [1.54, 1.807) is 18.2 Å². The fourth-order valence-corrected chi connectivity index (χ4v) is 4.73. The number of nitrogens with one attached hydrogen (secondary N) is 1. The molecule has 0 heterocycles. The number of allylic oxidation sites excluding steroid dienone is 2. The van der Waals surface area contributed by atoms with Crippen LogP contribution in [0.3, 0.4) is 0 Å². The van der Waals surface area contributed by atoms with Gasteiger partial charge < -0.3 is 10.4 Å². The molecule has 0 saturated heterocycles. The number of amides is 1. The molecule has 4 aliphatic carbocycles. The summed E-state index contributed by atoms with van der Waals surface area (Å²) in [7, 11) is 0. The zero-order chi connectivity index (χ0) is 16.3. The molecule has 4 nitrogen and oxygen atoms in total. The minimum atomic E-state index is -0.896. The van der Waals surface area contributed by atoms with E-state index in [0.29, 0.717) is 22.5 Å². The Morgan fingerprint density at radius 1 is 1.09 bits per heavy atom. The molecule has 2 N–H and O–H groups in total. The first-order chi connectivity index (χ1) is 11.0. The molecule has 0 aliphatic heterocycles. The van der Waals surface area contributed by atoms with E-state index in [9.17, 15) is 14.7 Å². The zero-order valence-electron chi connectivity index (χ0n) is 12.1. The summed E-state index contributed by atoms with van der Waals surface area (Å²) in [6, 6.07) is 5.00. The van der Waals surface area contributed by atoms with Crippen LogP contribution in [-0.2, 0) is 9.59 Å². The van der Waals surface area contributed by atoms with Crippen molar-refractivity contribution >= 4 is 40.8 Å². The lowest BCUT2D eigenvalue weighted by Crippen LogP contribution is -2.48. The fourth-order valence-electron chi connectivity index (χ4n) is 4.39. The Morgan fingerprint density at radius 3 is 2.39 bits per heavy atom.